The van der Waals surface area contributed by atoms with E-state index in [4.69, 9.17) is 0 Å². The SMILES string of the molecule is CC(NS(=O)(=O)c1ccccc1)C(=O)Nc1ccc(F)cc1. The largest absolute Gasteiger partial charge is 0.325 e. The fourth-order valence-electron chi connectivity index (χ4n) is 1.74. The lowest BCUT2D eigenvalue weighted by atomic mass is 10.3. The van der Waals surface area contributed by atoms with E-state index in [1.807, 2.05) is 0 Å². The minimum atomic E-state index is -3.77. The molecule has 2 rings (SSSR count). The summed E-state index contributed by atoms with van der Waals surface area (Å²) < 4.78 is 39.3. The molecule has 2 aromatic rings. The molecule has 0 aliphatic rings. The molecule has 0 saturated carbocycles. The van der Waals surface area contributed by atoms with Gasteiger partial charge in [-0.1, -0.05) is 18.2 Å². The van der Waals surface area contributed by atoms with Crippen LogP contribution in [0.3, 0.4) is 0 Å². The van der Waals surface area contributed by atoms with Crippen LogP contribution in [0.25, 0.3) is 0 Å². The average Bonchev–Trinajstić information content (AvgIpc) is 2.50. The zero-order valence-electron chi connectivity index (χ0n) is 11.8. The van der Waals surface area contributed by atoms with E-state index in [2.05, 4.69) is 10.0 Å². The fourth-order valence-corrected chi connectivity index (χ4v) is 2.96. The van der Waals surface area contributed by atoms with Crippen LogP contribution < -0.4 is 10.0 Å². The Morgan fingerprint density at radius 2 is 1.64 bits per heavy atom. The highest BCUT2D eigenvalue weighted by Gasteiger charge is 2.21. The number of carbonyl (C=O) groups is 1. The molecule has 0 bridgehead atoms. The van der Waals surface area contributed by atoms with Gasteiger partial charge >= 0.3 is 0 Å². The van der Waals surface area contributed by atoms with E-state index in [1.165, 1.54) is 43.3 Å². The Labute approximate surface area is 128 Å². The van der Waals surface area contributed by atoms with Gasteiger partial charge in [-0.05, 0) is 43.3 Å². The second-order valence-electron chi connectivity index (χ2n) is 4.65. The molecule has 0 aliphatic heterocycles. The fraction of sp³-hybridized carbons (Fsp3) is 0.133. The second-order valence-corrected chi connectivity index (χ2v) is 6.37. The molecule has 116 valence electrons. The van der Waals surface area contributed by atoms with Gasteiger partial charge in [-0.25, -0.2) is 12.8 Å². The molecule has 0 aliphatic carbocycles. The molecule has 2 N–H and O–H groups in total. The summed E-state index contributed by atoms with van der Waals surface area (Å²) >= 11 is 0. The Hall–Kier alpha value is -2.25. The minimum Gasteiger partial charge on any atom is -0.325 e. The van der Waals surface area contributed by atoms with Crippen LogP contribution in [-0.2, 0) is 14.8 Å². The number of carbonyl (C=O) groups excluding carboxylic acids is 1. The van der Waals surface area contributed by atoms with Crippen LogP contribution in [0.2, 0.25) is 0 Å². The number of sulfonamides is 1. The first-order chi connectivity index (χ1) is 10.4. The number of rotatable bonds is 5. The van der Waals surface area contributed by atoms with Gasteiger partial charge in [-0.15, -0.1) is 0 Å². The third kappa shape index (κ3) is 4.12. The highest BCUT2D eigenvalue weighted by Crippen LogP contribution is 2.11. The Morgan fingerprint density at radius 1 is 1.05 bits per heavy atom. The molecule has 2 aromatic carbocycles. The van der Waals surface area contributed by atoms with Gasteiger partial charge < -0.3 is 5.32 Å². The van der Waals surface area contributed by atoms with Crippen LogP contribution in [0.5, 0.6) is 0 Å². The highest BCUT2D eigenvalue weighted by atomic mass is 32.2. The van der Waals surface area contributed by atoms with Crippen LogP contribution in [0, 0.1) is 5.82 Å². The summed E-state index contributed by atoms with van der Waals surface area (Å²) in [6, 6.07) is 12.0. The Bertz CT molecular complexity index is 746. The summed E-state index contributed by atoms with van der Waals surface area (Å²) in [5, 5.41) is 2.51. The lowest BCUT2D eigenvalue weighted by Gasteiger charge is -2.14. The molecule has 0 aromatic heterocycles. The van der Waals surface area contributed by atoms with E-state index in [0.29, 0.717) is 5.69 Å². The number of hydrogen-bond acceptors (Lipinski definition) is 3. The van der Waals surface area contributed by atoms with E-state index in [-0.39, 0.29) is 4.90 Å². The standard InChI is InChI=1S/C15H15FN2O3S/c1-11(15(19)17-13-9-7-12(16)8-10-13)18-22(20,21)14-5-3-2-4-6-14/h2-11,18H,1H3,(H,17,19). The molecule has 1 atom stereocenters. The monoisotopic (exact) mass is 322 g/mol. The van der Waals surface area contributed by atoms with Crippen LogP contribution >= 0.6 is 0 Å². The molecular formula is C15H15FN2O3S. The number of anilines is 1. The van der Waals surface area contributed by atoms with Crippen molar-refractivity contribution in [2.45, 2.75) is 17.9 Å². The van der Waals surface area contributed by atoms with Crippen molar-refractivity contribution in [2.24, 2.45) is 0 Å². The Kier molecular flexibility index (Phi) is 4.89. The van der Waals surface area contributed by atoms with Gasteiger partial charge in [0.05, 0.1) is 10.9 Å². The third-order valence-electron chi connectivity index (χ3n) is 2.89. The lowest BCUT2D eigenvalue weighted by molar-refractivity contribution is -0.117. The van der Waals surface area contributed by atoms with Crippen molar-refractivity contribution in [2.75, 3.05) is 5.32 Å². The highest BCUT2D eigenvalue weighted by molar-refractivity contribution is 7.89. The van der Waals surface area contributed by atoms with Gasteiger partial charge in [0, 0.05) is 5.69 Å². The molecule has 7 heteroatoms. The molecule has 0 saturated heterocycles. The van der Waals surface area contributed by atoms with Crippen molar-refractivity contribution in [3.8, 4) is 0 Å². The van der Waals surface area contributed by atoms with Crippen molar-refractivity contribution in [3.05, 3.63) is 60.4 Å². The van der Waals surface area contributed by atoms with Crippen LogP contribution in [0.1, 0.15) is 6.92 Å². The third-order valence-corrected chi connectivity index (χ3v) is 4.45. The number of amides is 1. The number of hydrogen-bond donors (Lipinski definition) is 2. The Balaban J connectivity index is 2.04. The number of benzene rings is 2. The van der Waals surface area contributed by atoms with Crippen molar-refractivity contribution < 1.29 is 17.6 Å². The molecule has 0 radical (unpaired) electrons. The summed E-state index contributed by atoms with van der Waals surface area (Å²) in [5.41, 5.74) is 0.386. The zero-order chi connectivity index (χ0) is 16.2. The van der Waals surface area contributed by atoms with Crippen molar-refractivity contribution in [3.63, 3.8) is 0 Å². The van der Waals surface area contributed by atoms with E-state index in [0.717, 1.165) is 0 Å². The summed E-state index contributed by atoms with van der Waals surface area (Å²) in [7, 11) is -3.77. The molecule has 0 spiro atoms. The maximum absolute atomic E-state index is 12.8. The zero-order valence-corrected chi connectivity index (χ0v) is 12.6. The predicted molar refractivity (Wildman–Crippen MR) is 81.3 cm³/mol. The van der Waals surface area contributed by atoms with Crippen molar-refractivity contribution in [1.29, 1.82) is 0 Å². The summed E-state index contributed by atoms with van der Waals surface area (Å²) in [5.74, 6) is -0.957. The first kappa shape index (κ1) is 16.1. The Morgan fingerprint density at radius 3 is 2.23 bits per heavy atom. The van der Waals surface area contributed by atoms with Gasteiger partial charge in [-0.2, -0.15) is 4.72 Å². The normalized spacial score (nSPS) is 12.6. The molecule has 1 amide bonds. The predicted octanol–water partition coefficient (Wildman–Crippen LogP) is 2.13. The van der Waals surface area contributed by atoms with Crippen LogP contribution in [-0.4, -0.2) is 20.4 Å². The molecule has 5 nitrogen and oxygen atoms in total. The average molecular weight is 322 g/mol. The summed E-state index contributed by atoms with van der Waals surface area (Å²) in [6.45, 7) is 1.43. The topological polar surface area (TPSA) is 75.3 Å². The van der Waals surface area contributed by atoms with Gasteiger partial charge in [0.25, 0.3) is 0 Å². The summed E-state index contributed by atoms with van der Waals surface area (Å²) in [6.07, 6.45) is 0. The molecule has 0 heterocycles. The maximum Gasteiger partial charge on any atom is 0.242 e. The number of halogens is 1. The number of nitrogens with one attached hydrogen (secondary N) is 2. The van der Waals surface area contributed by atoms with Gasteiger partial charge in [0.2, 0.25) is 15.9 Å². The van der Waals surface area contributed by atoms with Crippen molar-refractivity contribution in [1.82, 2.24) is 4.72 Å². The maximum atomic E-state index is 12.8. The van der Waals surface area contributed by atoms with Crippen LogP contribution in [0.4, 0.5) is 10.1 Å². The van der Waals surface area contributed by atoms with E-state index < -0.39 is 27.8 Å². The van der Waals surface area contributed by atoms with Gasteiger partial charge in [-0.3, -0.25) is 4.79 Å². The summed E-state index contributed by atoms with van der Waals surface area (Å²) in [4.78, 5) is 12.1. The first-order valence-corrected chi connectivity index (χ1v) is 8.00. The first-order valence-electron chi connectivity index (χ1n) is 6.52. The van der Waals surface area contributed by atoms with E-state index in [9.17, 15) is 17.6 Å². The second kappa shape index (κ2) is 6.67. The molecular weight excluding hydrogens is 307 g/mol. The van der Waals surface area contributed by atoms with Crippen molar-refractivity contribution >= 4 is 21.6 Å². The smallest absolute Gasteiger partial charge is 0.242 e. The quantitative estimate of drug-likeness (QED) is 0.885. The molecule has 0 fully saturated rings. The lowest BCUT2D eigenvalue weighted by Crippen LogP contribution is -2.41. The minimum absolute atomic E-state index is 0.0800. The van der Waals surface area contributed by atoms with Gasteiger partial charge in [0.1, 0.15) is 5.82 Å². The molecule has 1 unspecified atom stereocenters. The van der Waals surface area contributed by atoms with E-state index in [1.54, 1.807) is 18.2 Å². The van der Waals surface area contributed by atoms with Gasteiger partial charge in [0.15, 0.2) is 0 Å². The van der Waals surface area contributed by atoms with Crippen LogP contribution in [0.15, 0.2) is 59.5 Å². The molecule has 22 heavy (non-hydrogen) atoms. The van der Waals surface area contributed by atoms with E-state index >= 15 is 0 Å².